The monoisotopic (exact) mass is 464 g/mol. The summed E-state index contributed by atoms with van der Waals surface area (Å²) in [6.07, 6.45) is 2.05. The third-order valence-electron chi connectivity index (χ3n) is 5.62. The topological polar surface area (TPSA) is 84.9 Å². The van der Waals surface area contributed by atoms with E-state index in [1.165, 1.54) is 24.3 Å². The summed E-state index contributed by atoms with van der Waals surface area (Å²) >= 11 is 1.14. The molecule has 0 bridgehead atoms. The second-order valence-corrected chi connectivity index (χ2v) is 10.5. The highest BCUT2D eigenvalue weighted by Gasteiger charge is 2.33. The Morgan fingerprint density at radius 2 is 2.03 bits per heavy atom. The molecular formula is C22H28N2O5S2. The van der Waals surface area contributed by atoms with E-state index in [1.54, 1.807) is 7.11 Å². The van der Waals surface area contributed by atoms with E-state index in [0.717, 1.165) is 46.2 Å². The molecule has 1 aromatic carbocycles. The lowest BCUT2D eigenvalue weighted by molar-refractivity contribution is 0.0595. The number of hydrogen-bond acceptors (Lipinski definition) is 7. The van der Waals surface area contributed by atoms with E-state index in [2.05, 4.69) is 29.2 Å². The van der Waals surface area contributed by atoms with Crippen molar-refractivity contribution in [3.8, 4) is 5.75 Å². The molecular weight excluding hydrogens is 436 g/mol. The highest BCUT2D eigenvalue weighted by molar-refractivity contribution is 7.91. The number of fused-ring (bicyclic) bond motifs is 1. The smallest absolute Gasteiger partial charge is 0.340 e. The van der Waals surface area contributed by atoms with Crippen LogP contribution in [0.3, 0.4) is 0 Å². The molecule has 0 unspecified atom stereocenters. The van der Waals surface area contributed by atoms with Crippen LogP contribution in [-0.2, 0) is 34.3 Å². The second kappa shape index (κ2) is 9.52. The summed E-state index contributed by atoms with van der Waals surface area (Å²) in [5.74, 6) is 0.247. The van der Waals surface area contributed by atoms with Crippen LogP contribution in [0.5, 0.6) is 5.75 Å². The van der Waals surface area contributed by atoms with Gasteiger partial charge in [-0.05, 0) is 48.6 Å². The van der Waals surface area contributed by atoms with Crippen molar-refractivity contribution < 1.29 is 22.7 Å². The lowest BCUT2D eigenvalue weighted by Gasteiger charge is -2.28. The van der Waals surface area contributed by atoms with Gasteiger partial charge >= 0.3 is 5.97 Å². The Bertz CT molecular complexity index is 1110. The first kappa shape index (κ1) is 23.5. The van der Waals surface area contributed by atoms with Crippen LogP contribution in [0, 0.1) is 13.8 Å². The fourth-order valence-corrected chi connectivity index (χ4v) is 6.75. The van der Waals surface area contributed by atoms with Crippen LogP contribution in [0.15, 0.2) is 29.0 Å². The second-order valence-electron chi connectivity index (χ2n) is 7.44. The minimum absolute atomic E-state index is 0.0181. The van der Waals surface area contributed by atoms with E-state index in [9.17, 15) is 13.2 Å². The van der Waals surface area contributed by atoms with Gasteiger partial charge in [0.2, 0.25) is 0 Å². The summed E-state index contributed by atoms with van der Waals surface area (Å²) < 4.78 is 38.4. The fourth-order valence-electron chi connectivity index (χ4n) is 3.78. The molecule has 3 rings (SSSR count). The van der Waals surface area contributed by atoms with Gasteiger partial charge in [0.1, 0.15) is 9.96 Å². The maximum absolute atomic E-state index is 12.8. The van der Waals surface area contributed by atoms with Gasteiger partial charge in [-0.15, -0.1) is 17.9 Å². The number of carbonyl (C=O) groups is 1. The van der Waals surface area contributed by atoms with Gasteiger partial charge in [0.25, 0.3) is 10.0 Å². The molecule has 2 heterocycles. The van der Waals surface area contributed by atoms with E-state index < -0.39 is 16.0 Å². The van der Waals surface area contributed by atoms with E-state index in [1.807, 2.05) is 13.0 Å². The van der Waals surface area contributed by atoms with Gasteiger partial charge in [-0.3, -0.25) is 4.90 Å². The highest BCUT2D eigenvalue weighted by Crippen LogP contribution is 2.37. The number of carbonyl (C=O) groups excluding carboxylic acids is 1. The van der Waals surface area contributed by atoms with E-state index >= 15 is 0 Å². The molecule has 0 saturated carbocycles. The number of esters is 1. The minimum atomic E-state index is -3.83. The largest absolute Gasteiger partial charge is 0.496 e. The normalized spacial score (nSPS) is 14.2. The molecule has 0 radical (unpaired) electrons. The van der Waals surface area contributed by atoms with Crippen molar-refractivity contribution in [1.29, 1.82) is 0 Å². The van der Waals surface area contributed by atoms with Gasteiger partial charge in [-0.25, -0.2) is 17.9 Å². The van der Waals surface area contributed by atoms with Gasteiger partial charge in [0.15, 0.2) is 0 Å². The molecule has 0 aliphatic carbocycles. The predicted molar refractivity (Wildman–Crippen MR) is 121 cm³/mol. The first-order valence-electron chi connectivity index (χ1n) is 9.92. The lowest BCUT2D eigenvalue weighted by atomic mass is 9.99. The van der Waals surface area contributed by atoms with Gasteiger partial charge < -0.3 is 9.47 Å². The fraction of sp³-hybridized carbons (Fsp3) is 0.409. The van der Waals surface area contributed by atoms with E-state index in [4.69, 9.17) is 9.47 Å². The van der Waals surface area contributed by atoms with Crippen molar-refractivity contribution in [2.75, 3.05) is 27.3 Å². The molecule has 1 aliphatic heterocycles. The average molecular weight is 465 g/mol. The minimum Gasteiger partial charge on any atom is -0.496 e. The number of rotatable bonds is 8. The Balaban J connectivity index is 1.92. The van der Waals surface area contributed by atoms with Crippen LogP contribution in [-0.4, -0.2) is 46.6 Å². The quantitative estimate of drug-likeness (QED) is 0.477. The molecule has 0 amide bonds. The van der Waals surface area contributed by atoms with Crippen molar-refractivity contribution in [2.45, 2.75) is 37.6 Å². The Hall–Kier alpha value is -2.20. The molecule has 0 atom stereocenters. The molecule has 0 spiro atoms. The Morgan fingerprint density at radius 1 is 1.29 bits per heavy atom. The standard InChI is InChI=1S/C22H28N2O5S2/c1-6-10-23-31(26,27)22-20(21(25)29-5)17-9-11-24(13-19(17)30-22)12-16-7-8-18(28-4)15(3)14(16)2/h6-8,23H,1,9-13H2,2-5H3. The van der Waals surface area contributed by atoms with Crippen LogP contribution >= 0.6 is 11.3 Å². The molecule has 168 valence electrons. The number of nitrogens with zero attached hydrogens (tertiary/aromatic N) is 1. The third-order valence-corrected chi connectivity index (χ3v) is 8.78. The zero-order valence-electron chi connectivity index (χ0n) is 18.3. The number of hydrogen-bond donors (Lipinski definition) is 1. The van der Waals surface area contributed by atoms with Crippen molar-refractivity contribution in [3.05, 3.63) is 57.5 Å². The molecule has 31 heavy (non-hydrogen) atoms. The number of sulfonamides is 1. The number of thiophene rings is 1. The van der Waals surface area contributed by atoms with E-state index in [0.29, 0.717) is 13.0 Å². The van der Waals surface area contributed by atoms with Gasteiger partial charge in [-0.2, -0.15) is 0 Å². The molecule has 0 saturated heterocycles. The Labute approximate surface area is 187 Å². The first-order valence-corrected chi connectivity index (χ1v) is 12.2. The van der Waals surface area contributed by atoms with Crippen LogP contribution in [0.25, 0.3) is 0 Å². The summed E-state index contributed by atoms with van der Waals surface area (Å²) in [4.78, 5) is 15.6. The zero-order chi connectivity index (χ0) is 22.8. The van der Waals surface area contributed by atoms with Crippen LogP contribution in [0.4, 0.5) is 0 Å². The van der Waals surface area contributed by atoms with Crippen molar-refractivity contribution in [3.63, 3.8) is 0 Å². The zero-order valence-corrected chi connectivity index (χ0v) is 19.9. The summed E-state index contributed by atoms with van der Waals surface area (Å²) in [6.45, 7) is 9.79. The summed E-state index contributed by atoms with van der Waals surface area (Å²) in [6, 6.07) is 4.05. The molecule has 1 N–H and O–H groups in total. The Kier molecular flexibility index (Phi) is 7.20. The number of methoxy groups -OCH3 is 2. The molecule has 2 aromatic rings. The average Bonchev–Trinajstić information content (AvgIpc) is 3.15. The molecule has 1 aromatic heterocycles. The Morgan fingerprint density at radius 3 is 2.68 bits per heavy atom. The summed E-state index contributed by atoms with van der Waals surface area (Å²) in [5.41, 5.74) is 4.43. The number of nitrogens with one attached hydrogen (secondary N) is 1. The molecule has 7 nitrogen and oxygen atoms in total. The molecule has 1 aliphatic rings. The van der Waals surface area contributed by atoms with Gasteiger partial charge in [0, 0.05) is 31.1 Å². The summed E-state index contributed by atoms with van der Waals surface area (Å²) in [5, 5.41) is 0. The van der Waals surface area contributed by atoms with Crippen LogP contribution in [0.2, 0.25) is 0 Å². The van der Waals surface area contributed by atoms with Crippen LogP contribution in [0.1, 0.15) is 37.5 Å². The molecule has 0 fully saturated rings. The van der Waals surface area contributed by atoms with Gasteiger partial charge in [0.05, 0.1) is 19.8 Å². The maximum Gasteiger partial charge on any atom is 0.340 e. The van der Waals surface area contributed by atoms with Crippen molar-refractivity contribution in [2.24, 2.45) is 0 Å². The lowest BCUT2D eigenvalue weighted by Crippen LogP contribution is -2.30. The maximum atomic E-state index is 12.8. The van der Waals surface area contributed by atoms with Gasteiger partial charge in [-0.1, -0.05) is 12.1 Å². The first-order chi connectivity index (χ1) is 14.7. The highest BCUT2D eigenvalue weighted by atomic mass is 32.2. The summed E-state index contributed by atoms with van der Waals surface area (Å²) in [7, 11) is -0.901. The number of ether oxygens (including phenoxy) is 2. The van der Waals surface area contributed by atoms with Crippen LogP contribution < -0.4 is 9.46 Å². The van der Waals surface area contributed by atoms with Crippen molar-refractivity contribution >= 4 is 27.3 Å². The predicted octanol–water partition coefficient (Wildman–Crippen LogP) is 3.18. The SMILES string of the molecule is C=CCNS(=O)(=O)c1sc2c(c1C(=O)OC)CCN(Cc1ccc(OC)c(C)c1C)C2. The third kappa shape index (κ3) is 4.69. The van der Waals surface area contributed by atoms with Crippen molar-refractivity contribution in [1.82, 2.24) is 9.62 Å². The molecule has 9 heteroatoms. The van der Waals surface area contributed by atoms with E-state index in [-0.39, 0.29) is 16.3 Å². The number of benzene rings is 1.